The smallest absolute Gasteiger partial charge is 0.333 e. The lowest BCUT2D eigenvalue weighted by Gasteiger charge is -2.40. The molecule has 1 rings (SSSR count). The summed E-state index contributed by atoms with van der Waals surface area (Å²) in [5.74, 6) is 0.133. The van der Waals surface area contributed by atoms with E-state index in [0.717, 1.165) is 0 Å². The summed E-state index contributed by atoms with van der Waals surface area (Å²) < 4.78 is 10.3. The minimum absolute atomic E-state index is 0.0679. The molecule has 0 aromatic heterocycles. The molecular weight excluding hydrogens is 168 g/mol. The van der Waals surface area contributed by atoms with Gasteiger partial charge in [0.25, 0.3) is 0 Å². The second-order valence-corrected chi connectivity index (χ2v) is 3.62. The van der Waals surface area contributed by atoms with Gasteiger partial charge in [-0.2, -0.15) is 0 Å². The predicted octanol–water partition coefficient (Wildman–Crippen LogP) is 1.53. The Morgan fingerprint density at radius 3 is 2.54 bits per heavy atom. The second kappa shape index (κ2) is 3.92. The molecule has 3 atom stereocenters. The zero-order chi connectivity index (χ0) is 10.0. The molecular formula is C10H16O3. The molecule has 13 heavy (non-hydrogen) atoms. The van der Waals surface area contributed by atoms with Gasteiger partial charge in [0, 0.05) is 11.5 Å². The Hall–Kier alpha value is -0.830. The summed E-state index contributed by atoms with van der Waals surface area (Å²) in [6.07, 6.45) is 0.354. The van der Waals surface area contributed by atoms with Crippen LogP contribution in [0.25, 0.3) is 0 Å². The molecule has 1 heterocycles. The Kier molecular flexibility index (Phi) is 3.09. The maximum absolute atomic E-state index is 11.0. The molecule has 0 amide bonds. The number of hydrogen-bond donors (Lipinski definition) is 0. The van der Waals surface area contributed by atoms with E-state index in [1.165, 1.54) is 0 Å². The van der Waals surface area contributed by atoms with Crippen molar-refractivity contribution in [2.75, 3.05) is 6.61 Å². The molecule has 3 unspecified atom stereocenters. The molecule has 0 aromatic rings. The van der Waals surface area contributed by atoms with Crippen LogP contribution in [0.4, 0.5) is 0 Å². The fraction of sp³-hybridized carbons (Fsp3) is 0.700. The highest BCUT2D eigenvalue weighted by Gasteiger charge is 2.36. The number of ether oxygens (including phenoxy) is 2. The molecule has 74 valence electrons. The molecule has 0 radical (unpaired) electrons. The Labute approximate surface area is 78.7 Å². The quantitative estimate of drug-likeness (QED) is 0.493. The van der Waals surface area contributed by atoms with E-state index in [-0.39, 0.29) is 18.2 Å². The van der Waals surface area contributed by atoms with Crippen molar-refractivity contribution in [3.8, 4) is 0 Å². The summed E-state index contributed by atoms with van der Waals surface area (Å²) in [6.45, 7) is 9.58. The van der Waals surface area contributed by atoms with E-state index >= 15 is 0 Å². The zero-order valence-corrected chi connectivity index (χ0v) is 8.37. The molecule has 1 saturated heterocycles. The van der Waals surface area contributed by atoms with Gasteiger partial charge in [0.2, 0.25) is 0 Å². The summed E-state index contributed by atoms with van der Waals surface area (Å²) >= 11 is 0. The number of esters is 1. The lowest BCUT2D eigenvalue weighted by Crippen LogP contribution is -2.48. The lowest BCUT2D eigenvalue weighted by molar-refractivity contribution is -0.192. The maximum atomic E-state index is 11.0. The fourth-order valence-corrected chi connectivity index (χ4v) is 1.21. The predicted molar refractivity (Wildman–Crippen MR) is 49.3 cm³/mol. The van der Waals surface area contributed by atoms with E-state index in [0.29, 0.717) is 18.1 Å². The highest BCUT2D eigenvalue weighted by atomic mass is 16.6. The van der Waals surface area contributed by atoms with Gasteiger partial charge in [0.05, 0.1) is 12.2 Å². The van der Waals surface area contributed by atoms with Crippen LogP contribution in [-0.2, 0) is 14.3 Å². The molecule has 0 saturated carbocycles. The van der Waals surface area contributed by atoms with Crippen LogP contribution < -0.4 is 0 Å². The second-order valence-electron chi connectivity index (χ2n) is 3.62. The van der Waals surface area contributed by atoms with E-state index in [1.807, 2.05) is 6.92 Å². The lowest BCUT2D eigenvalue weighted by atomic mass is 9.93. The van der Waals surface area contributed by atoms with E-state index in [2.05, 4.69) is 13.5 Å². The van der Waals surface area contributed by atoms with Crippen molar-refractivity contribution < 1.29 is 14.3 Å². The standard InChI is InChI=1S/C10H16O3/c1-6(2)10(11)12-5-9-7(3)8(4)13-9/h7-9H,1,5H2,2-4H3. The van der Waals surface area contributed by atoms with Crippen molar-refractivity contribution in [3.05, 3.63) is 12.2 Å². The molecule has 0 aromatic carbocycles. The Balaban J connectivity index is 2.21. The number of carbonyl (C=O) groups excluding carboxylic acids is 1. The van der Waals surface area contributed by atoms with Crippen molar-refractivity contribution in [2.24, 2.45) is 5.92 Å². The van der Waals surface area contributed by atoms with Crippen molar-refractivity contribution >= 4 is 5.97 Å². The fourth-order valence-electron chi connectivity index (χ4n) is 1.21. The summed E-state index contributed by atoms with van der Waals surface area (Å²) in [4.78, 5) is 11.0. The van der Waals surface area contributed by atoms with E-state index in [1.54, 1.807) is 6.92 Å². The zero-order valence-electron chi connectivity index (χ0n) is 8.37. The molecule has 1 aliphatic heterocycles. The van der Waals surface area contributed by atoms with Gasteiger partial charge in [-0.25, -0.2) is 4.79 Å². The highest BCUT2D eigenvalue weighted by molar-refractivity contribution is 5.86. The molecule has 0 N–H and O–H groups in total. The van der Waals surface area contributed by atoms with Crippen LogP contribution in [0.1, 0.15) is 20.8 Å². The summed E-state index contributed by atoms with van der Waals surface area (Å²) in [7, 11) is 0. The van der Waals surface area contributed by atoms with Gasteiger partial charge in [-0.15, -0.1) is 0 Å². The average molecular weight is 184 g/mol. The first-order valence-electron chi connectivity index (χ1n) is 4.50. The van der Waals surface area contributed by atoms with Crippen LogP contribution in [0.3, 0.4) is 0 Å². The summed E-state index contributed by atoms with van der Waals surface area (Å²) in [5.41, 5.74) is 0.431. The van der Waals surface area contributed by atoms with E-state index < -0.39 is 0 Å². The average Bonchev–Trinajstić information content (AvgIpc) is 2.10. The number of hydrogen-bond acceptors (Lipinski definition) is 3. The largest absolute Gasteiger partial charge is 0.460 e. The topological polar surface area (TPSA) is 35.5 Å². The third-order valence-electron chi connectivity index (χ3n) is 2.44. The highest BCUT2D eigenvalue weighted by Crippen LogP contribution is 2.27. The maximum Gasteiger partial charge on any atom is 0.333 e. The Morgan fingerprint density at radius 2 is 2.15 bits per heavy atom. The molecule has 1 aliphatic rings. The number of carbonyl (C=O) groups is 1. The van der Waals surface area contributed by atoms with Gasteiger partial charge in [-0.3, -0.25) is 0 Å². The van der Waals surface area contributed by atoms with E-state index in [4.69, 9.17) is 9.47 Å². The van der Waals surface area contributed by atoms with Crippen LogP contribution in [0.15, 0.2) is 12.2 Å². The van der Waals surface area contributed by atoms with Crippen molar-refractivity contribution in [1.29, 1.82) is 0 Å². The van der Waals surface area contributed by atoms with Crippen LogP contribution in [0.2, 0.25) is 0 Å². The monoisotopic (exact) mass is 184 g/mol. The Bertz CT molecular complexity index is 222. The molecule has 3 nitrogen and oxygen atoms in total. The Morgan fingerprint density at radius 1 is 1.54 bits per heavy atom. The van der Waals surface area contributed by atoms with Gasteiger partial charge in [0.1, 0.15) is 6.61 Å². The van der Waals surface area contributed by atoms with Crippen molar-refractivity contribution in [1.82, 2.24) is 0 Å². The minimum atomic E-state index is -0.338. The first kappa shape index (κ1) is 10.3. The normalized spacial score (nSPS) is 32.1. The van der Waals surface area contributed by atoms with Crippen molar-refractivity contribution in [2.45, 2.75) is 33.0 Å². The van der Waals surface area contributed by atoms with Crippen molar-refractivity contribution in [3.63, 3.8) is 0 Å². The summed E-state index contributed by atoms with van der Waals surface area (Å²) in [5, 5.41) is 0. The molecule has 0 bridgehead atoms. The van der Waals surface area contributed by atoms with Gasteiger partial charge >= 0.3 is 5.97 Å². The van der Waals surface area contributed by atoms with E-state index in [9.17, 15) is 4.79 Å². The number of rotatable bonds is 3. The molecule has 3 heteroatoms. The molecule has 1 fully saturated rings. The van der Waals surface area contributed by atoms with Crippen LogP contribution >= 0.6 is 0 Å². The van der Waals surface area contributed by atoms with Gasteiger partial charge < -0.3 is 9.47 Å². The molecule has 0 aliphatic carbocycles. The third kappa shape index (κ3) is 2.31. The first-order chi connectivity index (χ1) is 6.02. The van der Waals surface area contributed by atoms with Crippen LogP contribution in [0, 0.1) is 5.92 Å². The minimum Gasteiger partial charge on any atom is -0.460 e. The SMILES string of the molecule is C=C(C)C(=O)OCC1OC(C)C1C. The van der Waals surface area contributed by atoms with Gasteiger partial charge in [-0.1, -0.05) is 13.5 Å². The molecule has 0 spiro atoms. The van der Waals surface area contributed by atoms with Gasteiger partial charge in [-0.05, 0) is 13.8 Å². The van der Waals surface area contributed by atoms with Crippen LogP contribution in [-0.4, -0.2) is 24.8 Å². The third-order valence-corrected chi connectivity index (χ3v) is 2.44. The summed E-state index contributed by atoms with van der Waals surface area (Å²) in [6, 6.07) is 0. The van der Waals surface area contributed by atoms with Crippen LogP contribution in [0.5, 0.6) is 0 Å². The van der Waals surface area contributed by atoms with Gasteiger partial charge in [0.15, 0.2) is 0 Å². The first-order valence-corrected chi connectivity index (χ1v) is 4.50.